The van der Waals surface area contributed by atoms with Crippen LogP contribution in [0.25, 0.3) is 0 Å². The molecule has 0 N–H and O–H groups in total. The van der Waals surface area contributed by atoms with Crippen LogP contribution < -0.4 is 0 Å². The second-order valence-corrected chi connectivity index (χ2v) is 3.34. The fourth-order valence-electron chi connectivity index (χ4n) is 1.51. The van der Waals surface area contributed by atoms with Gasteiger partial charge in [-0.15, -0.1) is 0 Å². The molecular formula is C11H19. The zero-order valence-corrected chi connectivity index (χ0v) is 7.39. The van der Waals surface area contributed by atoms with Crippen molar-refractivity contribution in [3.05, 3.63) is 18.6 Å². The number of hydrogen-bond donors (Lipinski definition) is 0. The molecule has 0 aromatic rings. The molecule has 0 heteroatoms. The summed E-state index contributed by atoms with van der Waals surface area (Å²) in [7, 11) is 0. The molecule has 0 heterocycles. The molecule has 0 fully saturated rings. The van der Waals surface area contributed by atoms with E-state index in [9.17, 15) is 0 Å². The summed E-state index contributed by atoms with van der Waals surface area (Å²) in [6.45, 7) is 0. The molecule has 1 radical (unpaired) electrons. The van der Waals surface area contributed by atoms with Crippen LogP contribution in [-0.4, -0.2) is 0 Å². The molecule has 1 rings (SSSR count). The Balaban J connectivity index is 2.11. The molecule has 0 aromatic carbocycles. The summed E-state index contributed by atoms with van der Waals surface area (Å²) < 4.78 is 0. The van der Waals surface area contributed by atoms with Crippen molar-refractivity contribution in [1.29, 1.82) is 0 Å². The van der Waals surface area contributed by atoms with E-state index in [1.165, 1.54) is 51.4 Å². The lowest BCUT2D eigenvalue weighted by Crippen LogP contribution is -1.78. The van der Waals surface area contributed by atoms with Gasteiger partial charge in [-0.05, 0) is 32.1 Å². The van der Waals surface area contributed by atoms with Gasteiger partial charge in [-0.25, -0.2) is 0 Å². The molecular weight excluding hydrogens is 132 g/mol. The van der Waals surface area contributed by atoms with Crippen LogP contribution in [0, 0.1) is 6.42 Å². The van der Waals surface area contributed by atoms with Gasteiger partial charge in [0.1, 0.15) is 0 Å². The lowest BCUT2D eigenvalue weighted by atomic mass is 10.1. The van der Waals surface area contributed by atoms with Crippen LogP contribution >= 0.6 is 0 Å². The van der Waals surface area contributed by atoms with E-state index in [2.05, 4.69) is 18.6 Å². The number of rotatable bonds is 0. The highest BCUT2D eigenvalue weighted by Gasteiger charge is 1.92. The summed E-state index contributed by atoms with van der Waals surface area (Å²) in [6, 6.07) is 0. The van der Waals surface area contributed by atoms with E-state index in [1.54, 1.807) is 0 Å². The van der Waals surface area contributed by atoms with Gasteiger partial charge in [0.05, 0.1) is 0 Å². The third-order valence-electron chi connectivity index (χ3n) is 2.25. The lowest BCUT2D eigenvalue weighted by Gasteiger charge is -1.97. The van der Waals surface area contributed by atoms with Crippen LogP contribution in [0.3, 0.4) is 0 Å². The van der Waals surface area contributed by atoms with Gasteiger partial charge in [0.25, 0.3) is 0 Å². The predicted molar refractivity (Wildman–Crippen MR) is 50.4 cm³/mol. The molecule has 11 heavy (non-hydrogen) atoms. The van der Waals surface area contributed by atoms with E-state index in [-0.39, 0.29) is 0 Å². The van der Waals surface area contributed by atoms with Gasteiger partial charge in [-0.1, -0.05) is 37.8 Å². The predicted octanol–water partition coefficient (Wildman–Crippen LogP) is 3.88. The second kappa shape index (κ2) is 6.45. The molecule has 0 aliphatic heterocycles. The molecule has 0 bridgehead atoms. The Labute approximate surface area is 70.7 Å². The first kappa shape index (κ1) is 8.83. The summed E-state index contributed by atoms with van der Waals surface area (Å²) in [5, 5.41) is 0. The van der Waals surface area contributed by atoms with Gasteiger partial charge < -0.3 is 0 Å². The van der Waals surface area contributed by atoms with Crippen LogP contribution in [0.1, 0.15) is 51.4 Å². The molecule has 63 valence electrons. The van der Waals surface area contributed by atoms with Gasteiger partial charge in [0, 0.05) is 0 Å². The highest BCUT2D eigenvalue weighted by Crippen LogP contribution is 2.11. The summed E-state index contributed by atoms with van der Waals surface area (Å²) in [4.78, 5) is 0. The van der Waals surface area contributed by atoms with Crippen molar-refractivity contribution in [2.75, 3.05) is 0 Å². The molecule has 0 amide bonds. The highest BCUT2D eigenvalue weighted by atomic mass is 14.0. The normalized spacial score (nSPS) is 25.5. The van der Waals surface area contributed by atoms with Crippen molar-refractivity contribution < 1.29 is 0 Å². The Kier molecular flexibility index (Phi) is 5.18. The van der Waals surface area contributed by atoms with Crippen LogP contribution in [0.15, 0.2) is 12.2 Å². The van der Waals surface area contributed by atoms with Crippen molar-refractivity contribution in [1.82, 2.24) is 0 Å². The minimum Gasteiger partial charge on any atom is -0.0885 e. The quantitative estimate of drug-likeness (QED) is 0.461. The van der Waals surface area contributed by atoms with Gasteiger partial charge in [-0.3, -0.25) is 0 Å². The Morgan fingerprint density at radius 1 is 0.636 bits per heavy atom. The maximum atomic E-state index is 2.40. The average Bonchev–Trinajstić information content (AvgIpc) is 2.08. The van der Waals surface area contributed by atoms with Crippen molar-refractivity contribution in [3.63, 3.8) is 0 Å². The summed E-state index contributed by atoms with van der Waals surface area (Å²) in [6.07, 6.45) is 18.0. The molecule has 0 spiro atoms. The third kappa shape index (κ3) is 5.06. The number of hydrogen-bond acceptors (Lipinski definition) is 0. The van der Waals surface area contributed by atoms with E-state index in [0.717, 1.165) is 0 Å². The second-order valence-electron chi connectivity index (χ2n) is 3.34. The lowest BCUT2D eigenvalue weighted by molar-refractivity contribution is 0.616. The summed E-state index contributed by atoms with van der Waals surface area (Å²) >= 11 is 0. The zero-order valence-electron chi connectivity index (χ0n) is 7.39. The standard InChI is InChI=1S/C11H19/c1-2-4-6-8-10-11-9-7-5-3-1/h1-2,5H,3-4,6-11H2/b2-1+. The van der Waals surface area contributed by atoms with Gasteiger partial charge >= 0.3 is 0 Å². The van der Waals surface area contributed by atoms with E-state index < -0.39 is 0 Å². The first-order valence-corrected chi connectivity index (χ1v) is 4.97. The SMILES string of the molecule is [CH]1C/C=C/CCCCCCC1. The fourth-order valence-corrected chi connectivity index (χ4v) is 1.51. The van der Waals surface area contributed by atoms with E-state index >= 15 is 0 Å². The molecule has 1 aliphatic rings. The minimum absolute atomic E-state index is 1.19. The largest absolute Gasteiger partial charge is 0.0885 e. The molecule has 0 saturated carbocycles. The van der Waals surface area contributed by atoms with Crippen molar-refractivity contribution >= 4 is 0 Å². The van der Waals surface area contributed by atoms with Crippen molar-refractivity contribution in [2.45, 2.75) is 51.4 Å². The average molecular weight is 151 g/mol. The van der Waals surface area contributed by atoms with Gasteiger partial charge in [0.15, 0.2) is 0 Å². The maximum absolute atomic E-state index is 2.40. The van der Waals surface area contributed by atoms with Crippen LogP contribution in [0.2, 0.25) is 0 Å². The monoisotopic (exact) mass is 151 g/mol. The minimum atomic E-state index is 1.19. The molecule has 0 atom stereocenters. The van der Waals surface area contributed by atoms with Crippen LogP contribution in [-0.2, 0) is 0 Å². The molecule has 0 unspecified atom stereocenters. The van der Waals surface area contributed by atoms with Crippen molar-refractivity contribution in [2.24, 2.45) is 0 Å². The van der Waals surface area contributed by atoms with E-state index in [4.69, 9.17) is 0 Å². The first-order valence-electron chi connectivity index (χ1n) is 4.97. The Bertz CT molecular complexity index is 90.6. The fraction of sp³-hybridized carbons (Fsp3) is 0.727. The van der Waals surface area contributed by atoms with Gasteiger partial charge in [-0.2, -0.15) is 0 Å². The van der Waals surface area contributed by atoms with Gasteiger partial charge in [0.2, 0.25) is 0 Å². The zero-order chi connectivity index (χ0) is 7.78. The Morgan fingerprint density at radius 2 is 1.36 bits per heavy atom. The summed E-state index contributed by atoms with van der Waals surface area (Å²) in [5.74, 6) is 0. The molecule has 0 nitrogen and oxygen atoms in total. The maximum Gasteiger partial charge on any atom is -0.0319 e. The topological polar surface area (TPSA) is 0 Å². The Hall–Kier alpha value is -0.260. The highest BCUT2D eigenvalue weighted by molar-refractivity contribution is 4.87. The van der Waals surface area contributed by atoms with Crippen LogP contribution in [0.5, 0.6) is 0 Å². The third-order valence-corrected chi connectivity index (χ3v) is 2.25. The summed E-state index contributed by atoms with van der Waals surface area (Å²) in [5.41, 5.74) is 0. The molecule has 0 saturated heterocycles. The Morgan fingerprint density at radius 3 is 2.27 bits per heavy atom. The van der Waals surface area contributed by atoms with Crippen LogP contribution in [0.4, 0.5) is 0 Å². The molecule has 0 aromatic heterocycles. The van der Waals surface area contributed by atoms with E-state index in [1.807, 2.05) is 0 Å². The smallest absolute Gasteiger partial charge is 0.0319 e. The first-order chi connectivity index (χ1) is 5.50. The number of allylic oxidation sites excluding steroid dienone is 2. The van der Waals surface area contributed by atoms with E-state index in [0.29, 0.717) is 0 Å². The molecule has 1 aliphatic carbocycles. The van der Waals surface area contributed by atoms with Crippen molar-refractivity contribution in [3.8, 4) is 0 Å².